The Morgan fingerprint density at radius 3 is 2.89 bits per heavy atom. The molecule has 0 saturated heterocycles. The van der Waals surface area contributed by atoms with E-state index in [-0.39, 0.29) is 17.7 Å². The molecule has 0 spiro atoms. The van der Waals surface area contributed by atoms with Crippen LogP contribution in [0.25, 0.3) is 0 Å². The summed E-state index contributed by atoms with van der Waals surface area (Å²) in [6.45, 7) is 4.62. The first-order chi connectivity index (χ1) is 9.02. The van der Waals surface area contributed by atoms with Gasteiger partial charge in [0.15, 0.2) is 0 Å². The molecule has 2 N–H and O–H groups in total. The van der Waals surface area contributed by atoms with E-state index in [2.05, 4.69) is 5.10 Å². The molecule has 19 heavy (non-hydrogen) atoms. The number of ketones is 1. The van der Waals surface area contributed by atoms with Gasteiger partial charge in [-0.15, -0.1) is 0 Å². The van der Waals surface area contributed by atoms with Gasteiger partial charge in [-0.3, -0.25) is 9.48 Å². The summed E-state index contributed by atoms with van der Waals surface area (Å²) in [4.78, 5) is 12.4. The van der Waals surface area contributed by atoms with Gasteiger partial charge in [-0.2, -0.15) is 5.10 Å². The van der Waals surface area contributed by atoms with Crippen LogP contribution in [0.15, 0.2) is 0 Å². The summed E-state index contributed by atoms with van der Waals surface area (Å²) < 4.78 is 1.83. The van der Waals surface area contributed by atoms with E-state index in [1.165, 1.54) is 0 Å². The van der Waals surface area contributed by atoms with Crippen LogP contribution in [-0.2, 0) is 17.8 Å². The monoisotopic (exact) mass is 283 g/mol. The first-order valence-corrected chi connectivity index (χ1v) is 7.40. The topological polar surface area (TPSA) is 60.9 Å². The molecule has 1 aliphatic carbocycles. The zero-order valence-electron chi connectivity index (χ0n) is 11.7. The number of rotatable bonds is 4. The molecule has 1 aliphatic rings. The summed E-state index contributed by atoms with van der Waals surface area (Å²) in [5, 5.41) is 4.98. The number of hydrogen-bond acceptors (Lipinski definition) is 3. The van der Waals surface area contributed by atoms with Crippen molar-refractivity contribution in [3.05, 3.63) is 16.4 Å². The molecule has 1 saturated carbocycles. The van der Waals surface area contributed by atoms with Crippen molar-refractivity contribution in [3.63, 3.8) is 0 Å². The predicted octanol–water partition coefficient (Wildman–Crippen LogP) is 2.49. The fourth-order valence-corrected chi connectivity index (χ4v) is 3.07. The van der Waals surface area contributed by atoms with Crippen LogP contribution in [-0.4, -0.2) is 21.6 Å². The Kier molecular flexibility index (Phi) is 4.63. The second-order valence-corrected chi connectivity index (χ2v) is 5.81. The molecule has 1 aromatic heterocycles. The van der Waals surface area contributed by atoms with Crippen LogP contribution in [0.5, 0.6) is 0 Å². The van der Waals surface area contributed by atoms with Gasteiger partial charge in [-0.25, -0.2) is 0 Å². The van der Waals surface area contributed by atoms with Gasteiger partial charge < -0.3 is 5.73 Å². The third kappa shape index (κ3) is 3.18. The molecule has 0 aromatic carbocycles. The normalized spacial score (nSPS) is 23.6. The maximum atomic E-state index is 12.4. The Labute approximate surface area is 119 Å². The highest BCUT2D eigenvalue weighted by atomic mass is 35.5. The maximum Gasteiger partial charge on any atom is 0.142 e. The zero-order chi connectivity index (χ0) is 14.0. The van der Waals surface area contributed by atoms with Crippen LogP contribution >= 0.6 is 11.6 Å². The number of halogens is 1. The molecule has 0 aliphatic heterocycles. The quantitative estimate of drug-likeness (QED) is 0.923. The minimum absolute atomic E-state index is 0.0975. The molecule has 106 valence electrons. The Balaban J connectivity index is 2.10. The van der Waals surface area contributed by atoms with Gasteiger partial charge in [0.05, 0.1) is 22.8 Å². The largest absolute Gasteiger partial charge is 0.328 e. The Hall–Kier alpha value is -0.870. The lowest BCUT2D eigenvalue weighted by Crippen LogP contribution is -2.32. The first kappa shape index (κ1) is 14.5. The van der Waals surface area contributed by atoms with Crippen molar-refractivity contribution >= 4 is 17.4 Å². The molecule has 2 rings (SSSR count). The van der Waals surface area contributed by atoms with Crippen LogP contribution in [0.1, 0.15) is 44.0 Å². The summed E-state index contributed by atoms with van der Waals surface area (Å²) >= 11 is 6.24. The molecule has 1 fully saturated rings. The van der Waals surface area contributed by atoms with Crippen molar-refractivity contribution in [2.24, 2.45) is 11.7 Å². The first-order valence-electron chi connectivity index (χ1n) is 7.03. The molecule has 4 nitrogen and oxygen atoms in total. The lowest BCUT2D eigenvalue weighted by Gasteiger charge is -2.25. The van der Waals surface area contributed by atoms with Crippen LogP contribution < -0.4 is 5.73 Å². The Bertz CT molecular complexity index is 470. The third-order valence-corrected chi connectivity index (χ3v) is 4.46. The summed E-state index contributed by atoms with van der Waals surface area (Å²) in [6, 6.07) is 0.177. The molecule has 0 bridgehead atoms. The van der Waals surface area contributed by atoms with Crippen molar-refractivity contribution in [1.29, 1.82) is 0 Å². The van der Waals surface area contributed by atoms with E-state index < -0.39 is 0 Å². The highest BCUT2D eigenvalue weighted by Crippen LogP contribution is 2.27. The van der Waals surface area contributed by atoms with E-state index in [4.69, 9.17) is 17.3 Å². The average Bonchev–Trinajstić information content (AvgIpc) is 2.66. The molecule has 0 amide bonds. The molecular formula is C14H22ClN3O. The van der Waals surface area contributed by atoms with E-state index in [1.807, 2.05) is 18.5 Å². The van der Waals surface area contributed by atoms with Crippen LogP contribution in [0.3, 0.4) is 0 Å². The number of hydrogen-bond donors (Lipinski definition) is 1. The summed E-state index contributed by atoms with van der Waals surface area (Å²) in [6.07, 6.45) is 4.25. The van der Waals surface area contributed by atoms with Crippen molar-refractivity contribution in [3.8, 4) is 0 Å². The van der Waals surface area contributed by atoms with E-state index in [0.717, 1.165) is 43.6 Å². The summed E-state index contributed by atoms with van der Waals surface area (Å²) in [5.74, 6) is 0.354. The van der Waals surface area contributed by atoms with E-state index in [9.17, 15) is 4.79 Å². The number of nitrogens with zero attached hydrogens (tertiary/aromatic N) is 2. The lowest BCUT2D eigenvalue weighted by molar-refractivity contribution is -0.123. The molecule has 0 radical (unpaired) electrons. The van der Waals surface area contributed by atoms with E-state index >= 15 is 0 Å². The summed E-state index contributed by atoms with van der Waals surface area (Å²) in [7, 11) is 0. The number of carbonyl (C=O) groups is 1. The van der Waals surface area contributed by atoms with Gasteiger partial charge in [0.2, 0.25) is 0 Å². The van der Waals surface area contributed by atoms with E-state index in [0.29, 0.717) is 11.4 Å². The van der Waals surface area contributed by atoms with Gasteiger partial charge in [-0.05, 0) is 33.1 Å². The van der Waals surface area contributed by atoms with Crippen molar-refractivity contribution in [2.45, 2.75) is 58.5 Å². The molecule has 2 unspecified atom stereocenters. The number of nitrogens with two attached hydrogens (primary N) is 1. The van der Waals surface area contributed by atoms with Crippen LogP contribution in [0.2, 0.25) is 5.02 Å². The number of aromatic nitrogens is 2. The number of carbonyl (C=O) groups excluding carboxylic acids is 1. The molecule has 5 heteroatoms. The predicted molar refractivity (Wildman–Crippen MR) is 76.3 cm³/mol. The SMILES string of the molecule is CCn1nc(C)c(Cl)c1CC(=O)C1CCCC(N)C1. The smallest absolute Gasteiger partial charge is 0.142 e. The second-order valence-electron chi connectivity index (χ2n) is 5.43. The Morgan fingerprint density at radius 1 is 1.53 bits per heavy atom. The highest BCUT2D eigenvalue weighted by molar-refractivity contribution is 6.32. The maximum absolute atomic E-state index is 12.4. The minimum atomic E-state index is 0.0975. The van der Waals surface area contributed by atoms with Crippen molar-refractivity contribution in [2.75, 3.05) is 0 Å². The van der Waals surface area contributed by atoms with Gasteiger partial charge in [0, 0.05) is 18.5 Å². The average molecular weight is 284 g/mol. The van der Waals surface area contributed by atoms with Crippen molar-refractivity contribution in [1.82, 2.24) is 9.78 Å². The molecule has 2 atom stereocenters. The number of aryl methyl sites for hydroxylation is 2. The minimum Gasteiger partial charge on any atom is -0.328 e. The van der Waals surface area contributed by atoms with Crippen molar-refractivity contribution < 1.29 is 4.79 Å². The standard InChI is InChI=1S/C14H22ClN3O/c1-3-18-12(14(15)9(2)17-18)8-13(19)10-5-4-6-11(16)7-10/h10-11H,3-8,16H2,1-2H3. The molecule has 1 aromatic rings. The fourth-order valence-electron chi connectivity index (χ4n) is 2.87. The highest BCUT2D eigenvalue weighted by Gasteiger charge is 2.27. The fraction of sp³-hybridized carbons (Fsp3) is 0.714. The third-order valence-electron chi connectivity index (χ3n) is 3.96. The second kappa shape index (κ2) is 6.06. The lowest BCUT2D eigenvalue weighted by atomic mass is 9.82. The van der Waals surface area contributed by atoms with Gasteiger partial charge in [0.25, 0.3) is 0 Å². The van der Waals surface area contributed by atoms with E-state index in [1.54, 1.807) is 0 Å². The van der Waals surface area contributed by atoms with Crippen LogP contribution in [0.4, 0.5) is 0 Å². The molecule has 1 heterocycles. The summed E-state index contributed by atoms with van der Waals surface area (Å²) in [5.41, 5.74) is 7.60. The van der Waals surface area contributed by atoms with Crippen LogP contribution in [0, 0.1) is 12.8 Å². The van der Waals surface area contributed by atoms with Gasteiger partial charge in [0.1, 0.15) is 5.78 Å². The molecular weight excluding hydrogens is 262 g/mol. The Morgan fingerprint density at radius 2 is 2.26 bits per heavy atom. The number of Topliss-reactive ketones (excluding diaryl/α,β-unsaturated/α-hetero) is 1. The van der Waals surface area contributed by atoms with Gasteiger partial charge in [-0.1, -0.05) is 18.0 Å². The zero-order valence-corrected chi connectivity index (χ0v) is 12.4. The van der Waals surface area contributed by atoms with Gasteiger partial charge >= 0.3 is 0 Å².